The molecule has 3 amide bonds. The van der Waals surface area contributed by atoms with Gasteiger partial charge in [-0.3, -0.25) is 14.4 Å². The minimum absolute atomic E-state index is 0. The van der Waals surface area contributed by atoms with Gasteiger partial charge >= 0.3 is 17.9 Å². The van der Waals surface area contributed by atoms with Gasteiger partial charge in [0.15, 0.2) is 0 Å². The summed E-state index contributed by atoms with van der Waals surface area (Å²) in [4.78, 5) is 67.0. The number of methoxy groups -OCH3 is 3. The van der Waals surface area contributed by atoms with Gasteiger partial charge in [0, 0.05) is 40.2 Å². The number of hydrogen-bond donors (Lipinski definition) is 3. The van der Waals surface area contributed by atoms with E-state index >= 15 is 0 Å². The van der Waals surface area contributed by atoms with Crippen LogP contribution in [0.2, 0.25) is 0 Å². The molecule has 58 heavy (non-hydrogen) atoms. The van der Waals surface area contributed by atoms with E-state index in [0.29, 0.717) is 12.8 Å². The van der Waals surface area contributed by atoms with Crippen molar-refractivity contribution in [1.82, 2.24) is 16.0 Å². The molecule has 0 aliphatic heterocycles. The molecule has 315 valence electrons. The van der Waals surface area contributed by atoms with Crippen LogP contribution in [0.4, 0.5) is 0 Å². The Balaban J connectivity index is 0. The Kier molecular flexibility index (Phi) is 32.1. The summed E-state index contributed by atoms with van der Waals surface area (Å²) in [5, 5.41) is 7.52. The largest absolute Gasteiger partial charge is 0.467 e. The van der Waals surface area contributed by atoms with Gasteiger partial charge in [0.1, 0.15) is 17.8 Å². The first-order chi connectivity index (χ1) is 27.3. The Hall–Kier alpha value is -5.94. The summed E-state index contributed by atoms with van der Waals surface area (Å²) in [5.74, 6) is -2.29. The molecule has 12 nitrogen and oxygen atoms in total. The van der Waals surface area contributed by atoms with Gasteiger partial charge in [-0.05, 0) is 35.6 Å². The fourth-order valence-corrected chi connectivity index (χ4v) is 4.29. The maximum absolute atomic E-state index is 11.4. The van der Waals surface area contributed by atoms with Gasteiger partial charge < -0.3 is 37.1 Å². The smallest absolute Gasteiger partial charge is 0.354 e. The van der Waals surface area contributed by atoms with Crippen LogP contribution in [-0.2, 0) is 62.5 Å². The Morgan fingerprint density at radius 3 is 1.22 bits per heavy atom. The normalized spacial score (nSPS) is 11.3. The Morgan fingerprint density at radius 2 is 0.931 bits per heavy atom. The van der Waals surface area contributed by atoms with Crippen LogP contribution in [0.1, 0.15) is 63.6 Å². The van der Waals surface area contributed by atoms with Crippen molar-refractivity contribution in [3.05, 3.63) is 145 Å². The predicted octanol–water partition coefficient (Wildman–Crippen LogP) is 6.66. The molecule has 1 radical (unpaired) electrons. The van der Waals surface area contributed by atoms with Crippen molar-refractivity contribution < 1.29 is 62.5 Å². The van der Waals surface area contributed by atoms with Crippen LogP contribution in [0, 0.1) is 6.92 Å². The van der Waals surface area contributed by atoms with Gasteiger partial charge in [0.2, 0.25) is 17.7 Å². The van der Waals surface area contributed by atoms with E-state index in [1.165, 1.54) is 48.2 Å². The Morgan fingerprint density at radius 1 is 0.586 bits per heavy atom. The Labute approximate surface area is 356 Å². The van der Waals surface area contributed by atoms with Crippen LogP contribution in [-0.4, -0.2) is 69.0 Å². The fraction of sp³-hybridized carbons (Fsp3) is 0.267. The molecule has 0 aromatic heterocycles. The van der Waals surface area contributed by atoms with Crippen LogP contribution in [0.25, 0.3) is 18.2 Å². The molecule has 0 saturated carbocycles. The number of esters is 3. The molecule has 3 aromatic carbocycles. The first kappa shape index (κ1) is 54.2. The Bertz CT molecular complexity index is 1680. The van der Waals surface area contributed by atoms with E-state index in [-0.39, 0.29) is 42.9 Å². The van der Waals surface area contributed by atoms with Crippen molar-refractivity contribution in [2.24, 2.45) is 0 Å². The number of benzene rings is 3. The van der Waals surface area contributed by atoms with E-state index in [4.69, 9.17) is 0 Å². The second kappa shape index (κ2) is 34.3. The van der Waals surface area contributed by atoms with E-state index in [1.807, 2.05) is 128 Å². The number of ether oxygens (including phenoxy) is 3. The van der Waals surface area contributed by atoms with Crippen molar-refractivity contribution in [3.63, 3.8) is 0 Å². The van der Waals surface area contributed by atoms with E-state index in [9.17, 15) is 28.8 Å². The summed E-state index contributed by atoms with van der Waals surface area (Å²) in [5.41, 5.74) is 3.20. The molecule has 0 fully saturated rings. The van der Waals surface area contributed by atoms with Crippen molar-refractivity contribution in [1.29, 1.82) is 0 Å². The van der Waals surface area contributed by atoms with E-state index in [2.05, 4.69) is 37.1 Å². The zero-order valence-electron chi connectivity index (χ0n) is 34.2. The first-order valence-electron chi connectivity index (χ1n) is 18.0. The third-order valence-electron chi connectivity index (χ3n) is 6.76. The molecule has 0 heterocycles. The summed E-state index contributed by atoms with van der Waals surface area (Å²) < 4.78 is 13.8. The second-order valence-corrected chi connectivity index (χ2v) is 11.7. The van der Waals surface area contributed by atoms with Gasteiger partial charge in [0.05, 0.1) is 21.3 Å². The zero-order chi connectivity index (χ0) is 42.8. The van der Waals surface area contributed by atoms with E-state index in [0.717, 1.165) is 23.1 Å². The molecule has 13 heteroatoms. The molecule has 0 spiro atoms. The number of carbonyl (C=O) groups excluding carboxylic acids is 6. The SMILES string of the molecule is COC(=O)/C(=C/C=C/c1ccccc1)NC(C)=O.COC(=O)[C@H](C/C=C/c1ccccc1)NC(C)=O.COC(=O)[C@H](C/C=C/c1ccccc1)NC(C)=O.[CH2-]CC.[Rh]. The quantitative estimate of drug-likeness (QED) is 0.0401. The van der Waals surface area contributed by atoms with Crippen LogP contribution < -0.4 is 16.0 Å². The minimum Gasteiger partial charge on any atom is -0.467 e. The number of carbonyl (C=O) groups is 6. The minimum atomic E-state index is -0.632. The first-order valence-corrected chi connectivity index (χ1v) is 18.0. The standard InChI is InChI=1S/2C14H17NO3.C14H15NO3.C3H7.Rh/c3*1-11(16)15-13(14(17)18-2)10-6-9-12-7-4-3-5-8-12;1-3-2;/h2*3-9,13H,10H2,1-2H3,(H,15,16);3-10H,1-2H3,(H,15,16);1,3H2,2H3;/q;;;-1;/b2*9-6+;9-6+,13-10-;;/t2*13-;;;/m00.../s1. The van der Waals surface area contributed by atoms with Gasteiger partial charge in [0.25, 0.3) is 0 Å². The van der Waals surface area contributed by atoms with Crippen LogP contribution in [0.5, 0.6) is 0 Å². The number of amides is 3. The summed E-state index contributed by atoms with van der Waals surface area (Å²) in [6.45, 7) is 9.57. The van der Waals surface area contributed by atoms with Crippen molar-refractivity contribution >= 4 is 53.9 Å². The number of allylic oxidation sites excluding steroid dienone is 2. The average molecular weight is 886 g/mol. The number of rotatable bonds is 14. The topological polar surface area (TPSA) is 166 Å². The monoisotopic (exact) mass is 885 g/mol. The second-order valence-electron chi connectivity index (χ2n) is 11.7. The molecule has 0 unspecified atom stereocenters. The maximum Gasteiger partial charge on any atom is 0.354 e. The van der Waals surface area contributed by atoms with Crippen LogP contribution in [0.15, 0.2) is 121 Å². The zero-order valence-corrected chi connectivity index (χ0v) is 35.8. The van der Waals surface area contributed by atoms with Crippen molar-refractivity contribution in [3.8, 4) is 0 Å². The average Bonchev–Trinajstić information content (AvgIpc) is 3.20. The summed E-state index contributed by atoms with van der Waals surface area (Å²) in [6.07, 6.45) is 14.3. The molecule has 3 N–H and O–H groups in total. The number of nitrogens with one attached hydrogen (secondary N) is 3. The summed E-state index contributed by atoms with van der Waals surface area (Å²) >= 11 is 0. The molecule has 3 rings (SSSR count). The van der Waals surface area contributed by atoms with E-state index < -0.39 is 30.0 Å². The molecule has 0 bridgehead atoms. The third kappa shape index (κ3) is 27.6. The molecule has 2 atom stereocenters. The van der Waals surface area contributed by atoms with Gasteiger partial charge in [-0.25, -0.2) is 14.4 Å². The molecule has 0 aliphatic carbocycles. The van der Waals surface area contributed by atoms with Crippen molar-refractivity contribution in [2.45, 2.75) is 59.0 Å². The van der Waals surface area contributed by atoms with Gasteiger partial charge in [-0.2, -0.15) is 6.42 Å². The molecule has 0 aliphatic rings. The van der Waals surface area contributed by atoms with Crippen LogP contribution >= 0.6 is 0 Å². The molecule has 0 saturated heterocycles. The number of hydrogen-bond acceptors (Lipinski definition) is 9. The predicted molar refractivity (Wildman–Crippen MR) is 224 cm³/mol. The third-order valence-corrected chi connectivity index (χ3v) is 6.76. The molecule has 3 aromatic rings. The maximum atomic E-state index is 11.4. The van der Waals surface area contributed by atoms with E-state index in [1.54, 1.807) is 6.08 Å². The van der Waals surface area contributed by atoms with Crippen molar-refractivity contribution in [2.75, 3.05) is 21.3 Å². The molecular weight excluding hydrogens is 829 g/mol. The fourth-order valence-electron chi connectivity index (χ4n) is 4.29. The summed E-state index contributed by atoms with van der Waals surface area (Å²) in [6, 6.07) is 27.8. The van der Waals surface area contributed by atoms with Gasteiger partial charge in [-0.1, -0.05) is 134 Å². The molecular formula is C45H56N3O9Rh-. The summed E-state index contributed by atoms with van der Waals surface area (Å²) in [7, 11) is 3.87. The van der Waals surface area contributed by atoms with Crippen LogP contribution in [0.3, 0.4) is 0 Å². The van der Waals surface area contributed by atoms with Gasteiger partial charge in [-0.15, -0.1) is 0 Å².